The first-order chi connectivity index (χ1) is 13.0. The number of carbonyl (C=O) groups excluding carboxylic acids is 1. The van der Waals surface area contributed by atoms with Crippen molar-refractivity contribution in [1.29, 1.82) is 5.26 Å². The number of amides is 1. The van der Waals surface area contributed by atoms with Crippen molar-refractivity contribution in [2.24, 2.45) is 5.92 Å². The second-order valence-electron chi connectivity index (χ2n) is 5.77. The fourth-order valence-electron chi connectivity index (χ4n) is 2.31. The van der Waals surface area contributed by atoms with E-state index in [9.17, 15) is 14.7 Å². The average Bonchev–Trinajstić information content (AvgIpc) is 2.67. The Morgan fingerprint density at radius 1 is 1.11 bits per heavy atom. The number of hydrogen-bond acceptors (Lipinski definition) is 6. The minimum Gasteiger partial charge on any atom is -0.481 e. The normalized spacial score (nSPS) is 12.8. The second-order valence-corrected chi connectivity index (χ2v) is 5.77. The topological polar surface area (TPSA) is 118 Å². The van der Waals surface area contributed by atoms with Crippen LogP contribution in [0.25, 0.3) is 0 Å². The third kappa shape index (κ3) is 8.64. The fraction of sp³-hybridized carbons (Fsp3) is 0.526. The fourth-order valence-corrected chi connectivity index (χ4v) is 2.31. The molecule has 1 amide bonds. The van der Waals surface area contributed by atoms with Crippen molar-refractivity contribution in [3.63, 3.8) is 0 Å². The van der Waals surface area contributed by atoms with Crippen LogP contribution in [0.3, 0.4) is 0 Å². The first-order valence-electron chi connectivity index (χ1n) is 8.78. The van der Waals surface area contributed by atoms with Crippen LogP contribution in [0.1, 0.15) is 36.2 Å². The third-order valence-corrected chi connectivity index (χ3v) is 3.74. The Morgan fingerprint density at radius 2 is 1.78 bits per heavy atom. The Balaban J connectivity index is 2.77. The van der Waals surface area contributed by atoms with Crippen LogP contribution in [0.4, 0.5) is 0 Å². The van der Waals surface area contributed by atoms with E-state index in [4.69, 9.17) is 19.5 Å². The smallest absolute Gasteiger partial charge is 0.308 e. The molecule has 0 saturated heterocycles. The van der Waals surface area contributed by atoms with Gasteiger partial charge in [-0.25, -0.2) is 0 Å². The van der Waals surface area contributed by atoms with Crippen LogP contribution in [-0.2, 0) is 19.0 Å². The van der Waals surface area contributed by atoms with Crippen molar-refractivity contribution in [2.75, 3.05) is 33.2 Å². The first kappa shape index (κ1) is 22.6. The van der Waals surface area contributed by atoms with Gasteiger partial charge in [-0.05, 0) is 44.5 Å². The maximum absolute atomic E-state index is 12.4. The van der Waals surface area contributed by atoms with Crippen molar-refractivity contribution in [3.05, 3.63) is 35.4 Å². The predicted octanol–water partition coefficient (Wildman–Crippen LogP) is 1.79. The Morgan fingerprint density at radius 3 is 2.33 bits per heavy atom. The van der Waals surface area contributed by atoms with E-state index in [1.807, 2.05) is 13.0 Å². The summed E-state index contributed by atoms with van der Waals surface area (Å²) >= 11 is 0. The van der Waals surface area contributed by atoms with E-state index in [1.165, 1.54) is 0 Å². The Hall–Kier alpha value is -2.47. The summed E-state index contributed by atoms with van der Waals surface area (Å²) in [4.78, 5) is 23.9. The SMILES string of the molecule is CCOCOC[C@H](C[C@H](COCC)C(=O)O)NC(=O)c1ccc(C#N)cc1. The van der Waals surface area contributed by atoms with Crippen LogP contribution >= 0.6 is 0 Å². The molecule has 27 heavy (non-hydrogen) atoms. The van der Waals surface area contributed by atoms with Gasteiger partial charge in [0.05, 0.1) is 36.8 Å². The van der Waals surface area contributed by atoms with E-state index < -0.39 is 17.9 Å². The summed E-state index contributed by atoms with van der Waals surface area (Å²) in [5.74, 6) is -2.14. The van der Waals surface area contributed by atoms with Gasteiger partial charge in [-0.15, -0.1) is 0 Å². The third-order valence-electron chi connectivity index (χ3n) is 3.74. The number of nitrogens with one attached hydrogen (secondary N) is 1. The predicted molar refractivity (Wildman–Crippen MR) is 97.1 cm³/mol. The van der Waals surface area contributed by atoms with Crippen molar-refractivity contribution in [2.45, 2.75) is 26.3 Å². The molecule has 0 fully saturated rings. The monoisotopic (exact) mass is 378 g/mol. The highest BCUT2D eigenvalue weighted by Crippen LogP contribution is 2.11. The molecule has 8 nitrogen and oxygen atoms in total. The molecular weight excluding hydrogens is 352 g/mol. The van der Waals surface area contributed by atoms with Gasteiger partial charge < -0.3 is 24.6 Å². The zero-order valence-electron chi connectivity index (χ0n) is 15.6. The molecule has 0 bridgehead atoms. The maximum atomic E-state index is 12.4. The summed E-state index contributed by atoms with van der Waals surface area (Å²) in [6, 6.07) is 7.63. The van der Waals surface area contributed by atoms with Gasteiger partial charge in [0.2, 0.25) is 0 Å². The van der Waals surface area contributed by atoms with Crippen LogP contribution in [0.15, 0.2) is 24.3 Å². The first-order valence-corrected chi connectivity index (χ1v) is 8.78. The maximum Gasteiger partial charge on any atom is 0.308 e. The summed E-state index contributed by atoms with van der Waals surface area (Å²) in [6.45, 7) is 4.74. The largest absolute Gasteiger partial charge is 0.481 e. The van der Waals surface area contributed by atoms with E-state index in [2.05, 4.69) is 5.32 Å². The summed E-state index contributed by atoms with van der Waals surface area (Å²) in [7, 11) is 0. The Kier molecular flexibility index (Phi) is 10.7. The van der Waals surface area contributed by atoms with Crippen molar-refractivity contribution >= 4 is 11.9 Å². The van der Waals surface area contributed by atoms with Gasteiger partial charge in [0, 0.05) is 18.8 Å². The molecule has 1 rings (SSSR count). The van der Waals surface area contributed by atoms with E-state index in [1.54, 1.807) is 31.2 Å². The van der Waals surface area contributed by atoms with Gasteiger partial charge in [-0.1, -0.05) is 0 Å². The van der Waals surface area contributed by atoms with Crippen LogP contribution in [0.5, 0.6) is 0 Å². The molecule has 148 valence electrons. The highest BCUT2D eigenvalue weighted by molar-refractivity contribution is 5.94. The van der Waals surface area contributed by atoms with E-state index in [0.29, 0.717) is 24.3 Å². The molecule has 0 unspecified atom stereocenters. The van der Waals surface area contributed by atoms with Gasteiger partial charge in [0.1, 0.15) is 6.79 Å². The lowest BCUT2D eigenvalue weighted by Crippen LogP contribution is -2.41. The number of benzene rings is 1. The molecule has 0 aliphatic heterocycles. The zero-order valence-corrected chi connectivity index (χ0v) is 15.6. The molecule has 0 aromatic heterocycles. The molecule has 0 saturated carbocycles. The van der Waals surface area contributed by atoms with Crippen LogP contribution in [-0.4, -0.2) is 56.2 Å². The summed E-state index contributed by atoms with van der Waals surface area (Å²) in [6.07, 6.45) is 0.156. The molecule has 0 aliphatic rings. The lowest BCUT2D eigenvalue weighted by atomic mass is 10.0. The number of ether oxygens (including phenoxy) is 3. The summed E-state index contributed by atoms with van der Waals surface area (Å²) in [5.41, 5.74) is 0.825. The van der Waals surface area contributed by atoms with Crippen molar-refractivity contribution in [1.82, 2.24) is 5.32 Å². The Bertz CT molecular complexity index is 626. The number of carbonyl (C=O) groups is 2. The van der Waals surface area contributed by atoms with E-state index in [0.717, 1.165) is 0 Å². The van der Waals surface area contributed by atoms with Gasteiger partial charge in [-0.3, -0.25) is 9.59 Å². The molecule has 0 aliphatic carbocycles. The lowest BCUT2D eigenvalue weighted by molar-refractivity contribution is -0.144. The van der Waals surface area contributed by atoms with Crippen LogP contribution in [0.2, 0.25) is 0 Å². The minimum atomic E-state index is -0.995. The van der Waals surface area contributed by atoms with Gasteiger partial charge in [0.25, 0.3) is 5.91 Å². The standard InChI is InChI=1S/C19H26N2O6/c1-3-25-11-16(19(23)24)9-17(12-27-13-26-4-2)21-18(22)15-7-5-14(10-20)6-8-15/h5-8,16-17H,3-4,9,11-13H2,1-2H3,(H,21,22)(H,23,24)/t16-,17+/m1/s1. The zero-order chi connectivity index (χ0) is 20.1. The second kappa shape index (κ2) is 12.8. The number of rotatable bonds is 13. The van der Waals surface area contributed by atoms with Crippen molar-refractivity contribution in [3.8, 4) is 6.07 Å². The molecule has 8 heteroatoms. The number of nitriles is 1. The highest BCUT2D eigenvalue weighted by atomic mass is 16.7. The van der Waals surface area contributed by atoms with Crippen LogP contribution in [0, 0.1) is 17.2 Å². The molecule has 0 spiro atoms. The Labute approximate surface area is 159 Å². The molecule has 0 radical (unpaired) electrons. The molecule has 1 aromatic carbocycles. The number of carboxylic acid groups (broad SMARTS) is 1. The number of nitrogens with zero attached hydrogens (tertiary/aromatic N) is 1. The quantitative estimate of drug-likeness (QED) is 0.397. The molecular formula is C19H26N2O6. The highest BCUT2D eigenvalue weighted by Gasteiger charge is 2.24. The molecule has 0 heterocycles. The summed E-state index contributed by atoms with van der Waals surface area (Å²) in [5, 5.41) is 21.0. The van der Waals surface area contributed by atoms with Crippen LogP contribution < -0.4 is 5.32 Å². The van der Waals surface area contributed by atoms with Gasteiger partial charge in [-0.2, -0.15) is 5.26 Å². The van der Waals surface area contributed by atoms with Gasteiger partial charge >= 0.3 is 5.97 Å². The van der Waals surface area contributed by atoms with E-state index >= 15 is 0 Å². The van der Waals surface area contributed by atoms with Gasteiger partial charge in [0.15, 0.2) is 0 Å². The average molecular weight is 378 g/mol. The number of hydrogen-bond donors (Lipinski definition) is 2. The molecule has 1 aromatic rings. The van der Waals surface area contributed by atoms with E-state index in [-0.39, 0.29) is 32.3 Å². The number of aliphatic carboxylic acids is 1. The molecule has 2 atom stereocenters. The van der Waals surface area contributed by atoms with Crippen molar-refractivity contribution < 1.29 is 28.9 Å². The lowest BCUT2D eigenvalue weighted by Gasteiger charge is -2.22. The molecule has 2 N–H and O–H groups in total. The number of carboxylic acids is 1. The summed E-state index contributed by atoms with van der Waals surface area (Å²) < 4.78 is 15.7. The minimum absolute atomic E-state index is 0.0561.